The summed E-state index contributed by atoms with van der Waals surface area (Å²) in [5.41, 5.74) is 0. The third-order valence-corrected chi connectivity index (χ3v) is 1.35. The van der Waals surface area contributed by atoms with E-state index >= 15 is 0 Å². The maximum absolute atomic E-state index is 11.0. The molecule has 0 atom stereocenters. The molecule has 0 aliphatic heterocycles. The highest BCUT2D eigenvalue weighted by Gasteiger charge is 2.06. The molecule has 0 rings (SSSR count). The van der Waals surface area contributed by atoms with Crippen LogP contribution in [0.15, 0.2) is 5.29 Å². The molecule has 0 saturated heterocycles. The van der Waals surface area contributed by atoms with Gasteiger partial charge >= 0.3 is 6.09 Å². The van der Waals surface area contributed by atoms with Crippen molar-refractivity contribution < 1.29 is 9.53 Å². The maximum Gasteiger partial charge on any atom is 0.408 e. The van der Waals surface area contributed by atoms with E-state index < -0.39 is 6.09 Å². The molecule has 14 heavy (non-hydrogen) atoms. The molecule has 0 aliphatic carbocycles. The lowest BCUT2D eigenvalue weighted by atomic mass is 10.5. The van der Waals surface area contributed by atoms with Crippen molar-refractivity contribution in [2.75, 3.05) is 13.2 Å². The molecule has 0 aromatic carbocycles. The van der Waals surface area contributed by atoms with Crippen LogP contribution in [0.4, 0.5) is 4.79 Å². The van der Waals surface area contributed by atoms with Crippen molar-refractivity contribution in [1.82, 2.24) is 10.3 Å². The molecule has 0 radical (unpaired) electrons. The van der Waals surface area contributed by atoms with E-state index in [0.29, 0.717) is 6.54 Å². The second-order valence-electron chi connectivity index (χ2n) is 3.10. The van der Waals surface area contributed by atoms with Crippen molar-refractivity contribution in [3.63, 3.8) is 0 Å². The quantitative estimate of drug-likeness (QED) is 0.403. The summed E-state index contributed by atoms with van der Waals surface area (Å²) in [6, 6.07) is 0. The summed E-state index contributed by atoms with van der Waals surface area (Å²) >= 11 is 0. The van der Waals surface area contributed by atoms with Crippen LogP contribution in [0.25, 0.3) is 0 Å². The van der Waals surface area contributed by atoms with E-state index in [1.807, 2.05) is 6.92 Å². The molecule has 0 heterocycles. The molecule has 0 aliphatic rings. The van der Waals surface area contributed by atoms with Crippen LogP contribution in [-0.2, 0) is 4.74 Å². The van der Waals surface area contributed by atoms with Gasteiger partial charge in [0, 0.05) is 6.54 Å². The summed E-state index contributed by atoms with van der Waals surface area (Å²) in [7, 11) is 0. The van der Waals surface area contributed by atoms with Crippen LogP contribution in [0.2, 0.25) is 0 Å². The van der Waals surface area contributed by atoms with Gasteiger partial charge in [-0.25, -0.2) is 9.80 Å². The van der Waals surface area contributed by atoms with Crippen LogP contribution in [0, 0.1) is 4.91 Å². The smallest absolute Gasteiger partial charge is 0.408 e. The Morgan fingerprint density at radius 3 is 2.64 bits per heavy atom. The molecule has 0 fully saturated rings. The molecule has 0 spiro atoms. The van der Waals surface area contributed by atoms with Gasteiger partial charge in [-0.1, -0.05) is 6.92 Å². The minimum absolute atomic E-state index is 0.0862. The number of alkyl carbamates (subject to hydrolysis) is 1. The molecule has 0 unspecified atom stereocenters. The Labute approximate surface area is 83.5 Å². The van der Waals surface area contributed by atoms with Crippen molar-refractivity contribution in [3.8, 4) is 0 Å². The number of hydrogen-bond donors (Lipinski definition) is 1. The molecular formula is C8H17N3O3. The highest BCUT2D eigenvalue weighted by Crippen LogP contribution is 1.91. The molecule has 0 bridgehead atoms. The lowest BCUT2D eigenvalue weighted by Crippen LogP contribution is -2.36. The van der Waals surface area contributed by atoms with Gasteiger partial charge in [0.2, 0.25) is 0 Å². The minimum atomic E-state index is -0.537. The highest BCUT2D eigenvalue weighted by molar-refractivity contribution is 5.67. The van der Waals surface area contributed by atoms with Crippen molar-refractivity contribution in [1.29, 1.82) is 0 Å². The lowest BCUT2D eigenvalue weighted by Gasteiger charge is -2.15. The normalized spacial score (nSPS) is 9.71. The highest BCUT2D eigenvalue weighted by atomic mass is 16.6. The Hall–Kier alpha value is -1.33. The molecule has 1 amide bonds. The number of carbonyl (C=O) groups is 1. The first kappa shape index (κ1) is 12.7. The first-order chi connectivity index (χ1) is 6.60. The Kier molecular flexibility index (Phi) is 6.43. The summed E-state index contributed by atoms with van der Waals surface area (Å²) in [4.78, 5) is 21.2. The average Bonchev–Trinajstić information content (AvgIpc) is 2.11. The third-order valence-electron chi connectivity index (χ3n) is 1.35. The van der Waals surface area contributed by atoms with Gasteiger partial charge in [0.25, 0.3) is 0 Å². The second-order valence-corrected chi connectivity index (χ2v) is 3.10. The number of ether oxygens (including phenoxy) is 1. The van der Waals surface area contributed by atoms with Crippen molar-refractivity contribution in [3.05, 3.63) is 4.91 Å². The van der Waals surface area contributed by atoms with E-state index in [4.69, 9.17) is 4.74 Å². The standard InChI is InChI=1S/C8H17N3O3/c1-4-5-11(10-13)6-9-8(12)14-7(2)3/h7H,4-6H2,1-3H3,(H,9,12). The number of carbonyl (C=O) groups excluding carboxylic acids is 1. The van der Waals surface area contributed by atoms with Crippen LogP contribution < -0.4 is 5.32 Å². The lowest BCUT2D eigenvalue weighted by molar-refractivity contribution is 0.108. The summed E-state index contributed by atoms with van der Waals surface area (Å²) < 4.78 is 4.80. The van der Waals surface area contributed by atoms with Gasteiger partial charge in [-0.05, 0) is 20.3 Å². The molecule has 0 aromatic rings. The predicted molar refractivity (Wildman–Crippen MR) is 52.4 cm³/mol. The van der Waals surface area contributed by atoms with Crippen LogP contribution in [0.3, 0.4) is 0 Å². The molecule has 6 heteroatoms. The monoisotopic (exact) mass is 203 g/mol. The number of amides is 1. The Morgan fingerprint density at radius 1 is 1.57 bits per heavy atom. The van der Waals surface area contributed by atoms with Crippen LogP contribution in [0.5, 0.6) is 0 Å². The summed E-state index contributed by atoms with van der Waals surface area (Å²) in [6.07, 6.45) is 0.0932. The van der Waals surface area contributed by atoms with Gasteiger partial charge in [-0.15, -0.1) is 4.91 Å². The van der Waals surface area contributed by atoms with Crippen molar-refractivity contribution in [2.24, 2.45) is 5.29 Å². The zero-order valence-electron chi connectivity index (χ0n) is 8.82. The summed E-state index contributed by atoms with van der Waals surface area (Å²) in [5, 5.41) is 6.39. The SMILES string of the molecule is CCCN(CNC(=O)OC(C)C)N=O. The number of nitroso groups, excluding NO2 is 1. The predicted octanol–water partition coefficient (Wildman–Crippen LogP) is 1.47. The Bertz CT molecular complexity index is 185. The van der Waals surface area contributed by atoms with E-state index in [9.17, 15) is 9.70 Å². The van der Waals surface area contributed by atoms with Crippen LogP contribution in [0.1, 0.15) is 27.2 Å². The molecule has 82 valence electrons. The third kappa shape index (κ3) is 6.22. The zero-order valence-corrected chi connectivity index (χ0v) is 8.82. The van der Waals surface area contributed by atoms with Gasteiger partial charge in [0.15, 0.2) is 0 Å². The first-order valence-electron chi connectivity index (χ1n) is 4.62. The number of hydrogen-bond acceptors (Lipinski definition) is 4. The number of nitrogens with one attached hydrogen (secondary N) is 1. The van der Waals surface area contributed by atoms with E-state index in [2.05, 4.69) is 10.6 Å². The molecule has 0 saturated carbocycles. The Balaban J connectivity index is 3.68. The van der Waals surface area contributed by atoms with Gasteiger partial charge in [0.05, 0.1) is 11.4 Å². The van der Waals surface area contributed by atoms with E-state index in [1.54, 1.807) is 13.8 Å². The first-order valence-corrected chi connectivity index (χ1v) is 4.62. The van der Waals surface area contributed by atoms with Gasteiger partial charge in [-0.2, -0.15) is 0 Å². The van der Waals surface area contributed by atoms with Gasteiger partial charge in [-0.3, -0.25) is 0 Å². The van der Waals surface area contributed by atoms with Gasteiger partial charge < -0.3 is 10.1 Å². The topological polar surface area (TPSA) is 71.0 Å². The zero-order chi connectivity index (χ0) is 11.0. The summed E-state index contributed by atoms with van der Waals surface area (Å²) in [5.74, 6) is 0. The van der Waals surface area contributed by atoms with Gasteiger partial charge in [0.1, 0.15) is 6.67 Å². The fourth-order valence-electron chi connectivity index (χ4n) is 0.818. The molecule has 0 aromatic heterocycles. The largest absolute Gasteiger partial charge is 0.447 e. The fourth-order valence-corrected chi connectivity index (χ4v) is 0.818. The molecule has 1 N–H and O–H groups in total. The fraction of sp³-hybridized carbons (Fsp3) is 0.875. The maximum atomic E-state index is 11.0. The van der Waals surface area contributed by atoms with Crippen molar-refractivity contribution in [2.45, 2.75) is 33.3 Å². The van der Waals surface area contributed by atoms with Crippen LogP contribution in [-0.4, -0.2) is 30.4 Å². The molecule has 6 nitrogen and oxygen atoms in total. The average molecular weight is 203 g/mol. The van der Waals surface area contributed by atoms with E-state index in [-0.39, 0.29) is 12.8 Å². The van der Waals surface area contributed by atoms with Crippen LogP contribution >= 0.6 is 0 Å². The number of nitrogens with zero attached hydrogens (tertiary/aromatic N) is 2. The van der Waals surface area contributed by atoms with E-state index in [0.717, 1.165) is 6.42 Å². The number of rotatable bonds is 6. The van der Waals surface area contributed by atoms with E-state index in [1.165, 1.54) is 5.01 Å². The Morgan fingerprint density at radius 2 is 2.21 bits per heavy atom. The second kappa shape index (κ2) is 7.11. The molecular weight excluding hydrogens is 186 g/mol. The van der Waals surface area contributed by atoms with Crippen molar-refractivity contribution >= 4 is 6.09 Å². The minimum Gasteiger partial charge on any atom is -0.447 e. The summed E-state index contributed by atoms with van der Waals surface area (Å²) in [6.45, 7) is 6.03.